The van der Waals surface area contributed by atoms with Gasteiger partial charge in [0.1, 0.15) is 6.33 Å². The van der Waals surface area contributed by atoms with Gasteiger partial charge in [-0.15, -0.1) is 0 Å². The molecular weight excluding hydrogens is 304 g/mol. The minimum absolute atomic E-state index is 0.103. The van der Waals surface area contributed by atoms with Crippen LogP contribution in [0.1, 0.15) is 24.0 Å². The van der Waals surface area contributed by atoms with Crippen LogP contribution in [0.15, 0.2) is 43.1 Å². The van der Waals surface area contributed by atoms with Crippen LogP contribution in [0.4, 0.5) is 10.5 Å². The zero-order valence-corrected chi connectivity index (χ0v) is 13.4. The fourth-order valence-corrected chi connectivity index (χ4v) is 2.75. The van der Waals surface area contributed by atoms with Gasteiger partial charge in [-0.25, -0.2) is 14.3 Å². The van der Waals surface area contributed by atoms with Crippen LogP contribution in [0.25, 0.3) is 5.65 Å². The molecule has 2 amide bonds. The number of fused-ring (bicyclic) bond motifs is 1. The highest BCUT2D eigenvalue weighted by Gasteiger charge is 2.33. The van der Waals surface area contributed by atoms with Crippen molar-refractivity contribution in [2.75, 3.05) is 5.32 Å². The van der Waals surface area contributed by atoms with Crippen LogP contribution < -0.4 is 5.32 Å². The summed E-state index contributed by atoms with van der Waals surface area (Å²) in [6.45, 7) is 2.53. The summed E-state index contributed by atoms with van der Waals surface area (Å²) in [5.74, 6) is 0. The average molecular weight is 322 g/mol. The maximum Gasteiger partial charge on any atom is 0.322 e. The quantitative estimate of drug-likeness (QED) is 0.801. The van der Waals surface area contributed by atoms with E-state index in [2.05, 4.69) is 20.4 Å². The zero-order chi connectivity index (χ0) is 16.5. The third kappa shape index (κ3) is 2.80. The fourth-order valence-electron chi connectivity index (χ4n) is 2.75. The van der Waals surface area contributed by atoms with E-state index in [1.807, 2.05) is 36.2 Å². The van der Waals surface area contributed by atoms with Gasteiger partial charge < -0.3 is 10.2 Å². The Hall–Kier alpha value is -2.96. The van der Waals surface area contributed by atoms with Gasteiger partial charge in [-0.3, -0.25) is 4.98 Å². The topological polar surface area (TPSA) is 75.4 Å². The molecule has 0 atom stereocenters. The number of hydrogen-bond donors (Lipinski definition) is 1. The van der Waals surface area contributed by atoms with Crippen molar-refractivity contribution in [1.82, 2.24) is 24.5 Å². The lowest BCUT2D eigenvalue weighted by atomic mass is 10.2. The molecular formula is C17H18N6O. The van der Waals surface area contributed by atoms with Crippen LogP contribution in [0, 0.1) is 6.92 Å². The van der Waals surface area contributed by atoms with E-state index in [9.17, 15) is 4.79 Å². The molecule has 1 aliphatic carbocycles. The molecule has 0 radical (unpaired) electrons. The highest BCUT2D eigenvalue weighted by Crippen LogP contribution is 2.29. The summed E-state index contributed by atoms with van der Waals surface area (Å²) in [7, 11) is 0. The minimum Gasteiger partial charge on any atom is -0.317 e. The normalized spacial score (nSPS) is 13.9. The van der Waals surface area contributed by atoms with E-state index >= 15 is 0 Å². The summed E-state index contributed by atoms with van der Waals surface area (Å²) in [6, 6.07) is 5.99. The molecule has 1 saturated carbocycles. The van der Waals surface area contributed by atoms with Crippen molar-refractivity contribution in [1.29, 1.82) is 0 Å². The largest absolute Gasteiger partial charge is 0.322 e. The molecule has 0 spiro atoms. The van der Waals surface area contributed by atoms with Crippen molar-refractivity contribution in [3.8, 4) is 0 Å². The van der Waals surface area contributed by atoms with Gasteiger partial charge in [0.05, 0.1) is 5.69 Å². The van der Waals surface area contributed by atoms with Gasteiger partial charge in [0.2, 0.25) is 0 Å². The Morgan fingerprint density at radius 1 is 1.33 bits per heavy atom. The van der Waals surface area contributed by atoms with E-state index in [1.165, 1.54) is 6.33 Å². The first-order valence-corrected chi connectivity index (χ1v) is 7.98. The first-order chi connectivity index (χ1) is 11.7. The van der Waals surface area contributed by atoms with E-state index in [1.54, 1.807) is 16.9 Å². The highest BCUT2D eigenvalue weighted by atomic mass is 16.2. The number of rotatable bonds is 4. The smallest absolute Gasteiger partial charge is 0.317 e. The number of carbonyl (C=O) groups excluding carboxylic acids is 1. The van der Waals surface area contributed by atoms with Crippen LogP contribution in [0.3, 0.4) is 0 Å². The maximum absolute atomic E-state index is 12.9. The van der Waals surface area contributed by atoms with Crippen molar-refractivity contribution >= 4 is 17.4 Å². The molecule has 0 aliphatic heterocycles. The second kappa shape index (κ2) is 5.92. The third-order valence-electron chi connectivity index (χ3n) is 4.24. The van der Waals surface area contributed by atoms with Crippen molar-refractivity contribution in [3.63, 3.8) is 0 Å². The SMILES string of the molecule is Cc1ccn2ncnc2c1NC(=O)N(Cc1ccncc1)C1CC1. The van der Waals surface area contributed by atoms with Gasteiger partial charge in [0, 0.05) is 31.2 Å². The average Bonchev–Trinajstić information content (AvgIpc) is 3.32. The zero-order valence-electron chi connectivity index (χ0n) is 13.4. The number of urea groups is 1. The molecule has 0 aromatic carbocycles. The number of aromatic nitrogens is 4. The van der Waals surface area contributed by atoms with Crippen LogP contribution in [-0.4, -0.2) is 36.6 Å². The van der Waals surface area contributed by atoms with Crippen LogP contribution in [-0.2, 0) is 6.54 Å². The fraction of sp³-hybridized carbons (Fsp3) is 0.294. The molecule has 3 aromatic heterocycles. The van der Waals surface area contributed by atoms with Gasteiger partial charge in [-0.2, -0.15) is 5.10 Å². The summed E-state index contributed by atoms with van der Waals surface area (Å²) < 4.78 is 1.66. The Bertz CT molecular complexity index is 871. The van der Waals surface area contributed by atoms with Gasteiger partial charge in [0.15, 0.2) is 5.65 Å². The Morgan fingerprint density at radius 2 is 2.12 bits per heavy atom. The molecule has 0 unspecified atom stereocenters. The summed E-state index contributed by atoms with van der Waals surface area (Å²) in [4.78, 5) is 23.0. The second-order valence-corrected chi connectivity index (χ2v) is 6.05. The van der Waals surface area contributed by atoms with Crippen molar-refractivity contribution in [2.45, 2.75) is 32.4 Å². The summed E-state index contributed by atoms with van der Waals surface area (Å²) in [5, 5.41) is 7.15. The first kappa shape index (κ1) is 14.6. The van der Waals surface area contributed by atoms with E-state index in [4.69, 9.17) is 0 Å². The number of aryl methyl sites for hydroxylation is 1. The molecule has 3 heterocycles. The van der Waals surface area contributed by atoms with E-state index in [0.717, 1.165) is 24.0 Å². The molecule has 7 nitrogen and oxygen atoms in total. The molecule has 122 valence electrons. The Kier molecular flexibility index (Phi) is 3.60. The van der Waals surface area contributed by atoms with E-state index in [-0.39, 0.29) is 6.03 Å². The summed E-state index contributed by atoms with van der Waals surface area (Å²) in [5.41, 5.74) is 3.40. The molecule has 1 N–H and O–H groups in total. The van der Waals surface area contributed by atoms with Crippen LogP contribution in [0.5, 0.6) is 0 Å². The predicted molar refractivity (Wildman–Crippen MR) is 89.5 cm³/mol. The number of anilines is 1. The van der Waals surface area contributed by atoms with Crippen molar-refractivity contribution < 1.29 is 4.79 Å². The molecule has 4 rings (SSSR count). The van der Waals surface area contributed by atoms with Gasteiger partial charge >= 0.3 is 6.03 Å². The van der Waals surface area contributed by atoms with Gasteiger partial charge in [0.25, 0.3) is 0 Å². The van der Waals surface area contributed by atoms with Gasteiger partial charge in [-0.05, 0) is 49.1 Å². The summed E-state index contributed by atoms with van der Waals surface area (Å²) >= 11 is 0. The number of nitrogens with zero attached hydrogens (tertiary/aromatic N) is 5. The first-order valence-electron chi connectivity index (χ1n) is 7.98. The maximum atomic E-state index is 12.9. The number of hydrogen-bond acceptors (Lipinski definition) is 4. The highest BCUT2D eigenvalue weighted by molar-refractivity contribution is 5.94. The van der Waals surface area contributed by atoms with Gasteiger partial charge in [-0.1, -0.05) is 0 Å². The molecule has 0 bridgehead atoms. The van der Waals surface area contributed by atoms with Crippen molar-refractivity contribution in [3.05, 3.63) is 54.2 Å². The third-order valence-corrected chi connectivity index (χ3v) is 4.24. The lowest BCUT2D eigenvalue weighted by Gasteiger charge is -2.23. The van der Waals surface area contributed by atoms with Crippen LogP contribution >= 0.6 is 0 Å². The number of pyridine rings is 2. The molecule has 1 fully saturated rings. The monoisotopic (exact) mass is 322 g/mol. The number of nitrogens with one attached hydrogen (secondary N) is 1. The van der Waals surface area contributed by atoms with E-state index < -0.39 is 0 Å². The molecule has 24 heavy (non-hydrogen) atoms. The summed E-state index contributed by atoms with van der Waals surface area (Å²) in [6.07, 6.45) is 8.92. The standard InChI is InChI=1S/C17H18N6O/c1-12-6-9-23-16(19-11-20-23)15(12)21-17(24)22(14-2-3-14)10-13-4-7-18-8-5-13/h4-9,11,14H,2-3,10H2,1H3,(H,21,24). The Balaban J connectivity index is 1.59. The second-order valence-electron chi connectivity index (χ2n) is 6.05. The van der Waals surface area contributed by atoms with E-state index in [0.29, 0.717) is 23.9 Å². The predicted octanol–water partition coefficient (Wildman–Crippen LogP) is 2.63. The lowest BCUT2D eigenvalue weighted by molar-refractivity contribution is 0.206. The number of amides is 2. The van der Waals surface area contributed by atoms with Crippen molar-refractivity contribution in [2.24, 2.45) is 0 Å². The lowest BCUT2D eigenvalue weighted by Crippen LogP contribution is -2.36. The van der Waals surface area contributed by atoms with Crippen LogP contribution in [0.2, 0.25) is 0 Å². The molecule has 0 saturated heterocycles. The Morgan fingerprint density at radius 3 is 2.88 bits per heavy atom. The minimum atomic E-state index is -0.103. The Labute approximate surface area is 139 Å². The number of carbonyl (C=O) groups is 1. The molecule has 1 aliphatic rings. The molecule has 7 heteroatoms. The molecule has 3 aromatic rings.